The number of hydrogen-bond acceptors (Lipinski definition) is 10. The van der Waals surface area contributed by atoms with Crippen LogP contribution < -0.4 is 15.1 Å². The highest BCUT2D eigenvalue weighted by atomic mass is 127. The Morgan fingerprint density at radius 2 is 1.67 bits per heavy atom. The quantitative estimate of drug-likeness (QED) is 0.104. The van der Waals surface area contributed by atoms with Crippen LogP contribution in [0.1, 0.15) is 104 Å². The van der Waals surface area contributed by atoms with Gasteiger partial charge in [0.25, 0.3) is 11.8 Å². The molecule has 1 aliphatic carbocycles. The van der Waals surface area contributed by atoms with Crippen LogP contribution in [0.15, 0.2) is 36.5 Å². The molecule has 0 radical (unpaired) electrons. The minimum Gasteiger partial charge on any atom is -0.456 e. The zero-order valence-corrected chi connectivity index (χ0v) is 36.7. The van der Waals surface area contributed by atoms with Gasteiger partial charge < -0.3 is 28.2 Å². The molecule has 0 bridgehead atoms. The molecule has 3 amide bonds. The summed E-state index contributed by atoms with van der Waals surface area (Å²) in [6.45, 7) is 15.0. The first-order valence-corrected chi connectivity index (χ1v) is 25.4. The molecule has 3 aliphatic heterocycles. The first-order valence-electron chi connectivity index (χ1n) is 19.6. The molecule has 4 atom stereocenters. The maximum atomic E-state index is 13.4. The average Bonchev–Trinajstić information content (AvgIpc) is 3.42. The summed E-state index contributed by atoms with van der Waals surface area (Å²) in [5, 5.41) is 2.52. The minimum absolute atomic E-state index is 0.0758. The first-order chi connectivity index (χ1) is 26.2. The summed E-state index contributed by atoms with van der Waals surface area (Å²) in [5.74, 6) is 2.06. The molecule has 4 unspecified atom stereocenters. The fourth-order valence-corrected chi connectivity index (χ4v) is 8.00. The third-order valence-corrected chi connectivity index (χ3v) is 10.6. The SMILES string of the molecule is CC.CNC(=O)C(CCC=O)N1C(=O)c2ccc(N3CCN(C4CCC5CN(c6ccc(C(=O)OC(C)(C)C)cn6)CCC5C4)CC3)cc2C1=O.[CH3][Al]([F])[I]. The van der Waals surface area contributed by atoms with E-state index in [4.69, 9.17) is 4.74 Å². The Hall–Kier alpha value is -3.13. The summed E-state index contributed by atoms with van der Waals surface area (Å²) in [6, 6.07) is 8.65. The van der Waals surface area contributed by atoms with Crippen molar-refractivity contribution in [2.45, 2.75) is 96.6 Å². The summed E-state index contributed by atoms with van der Waals surface area (Å²) in [6.07, 6.45) is 7.17. The molecule has 12 nitrogen and oxygen atoms in total. The van der Waals surface area contributed by atoms with Crippen LogP contribution in [0.4, 0.5) is 15.0 Å². The number of anilines is 2. The van der Waals surface area contributed by atoms with Crippen LogP contribution in [-0.2, 0) is 14.3 Å². The van der Waals surface area contributed by atoms with Crippen LogP contribution in [0.3, 0.4) is 0 Å². The number of imide groups is 1. The molecule has 0 spiro atoms. The van der Waals surface area contributed by atoms with Crippen molar-refractivity contribution in [2.24, 2.45) is 11.8 Å². The molecule has 1 aromatic heterocycles. The fourth-order valence-electron chi connectivity index (χ4n) is 8.00. The molecule has 4 heterocycles. The number of likely N-dealkylation sites (N-methyl/N-ethyl adjacent to an activating group) is 1. The number of piperazine rings is 1. The van der Waals surface area contributed by atoms with E-state index in [9.17, 15) is 27.5 Å². The van der Waals surface area contributed by atoms with E-state index in [2.05, 4.69) is 25.0 Å². The predicted molar refractivity (Wildman–Crippen MR) is 223 cm³/mol. The number of piperidine rings is 1. The van der Waals surface area contributed by atoms with Gasteiger partial charge in [-0.25, -0.2) is 9.78 Å². The number of aromatic nitrogens is 1. The van der Waals surface area contributed by atoms with Gasteiger partial charge in [-0.05, 0) is 95.0 Å². The van der Waals surface area contributed by atoms with Gasteiger partial charge in [-0.1, -0.05) is 19.6 Å². The van der Waals surface area contributed by atoms with Crippen molar-refractivity contribution in [1.29, 1.82) is 0 Å². The minimum atomic E-state index is -1.67. The summed E-state index contributed by atoms with van der Waals surface area (Å²) in [5.41, 5.74) is 1.43. The first kappa shape index (κ1) is 44.6. The molecule has 300 valence electrons. The van der Waals surface area contributed by atoms with E-state index in [0.717, 1.165) is 62.1 Å². The van der Waals surface area contributed by atoms with E-state index in [0.29, 0.717) is 40.9 Å². The molecule has 55 heavy (non-hydrogen) atoms. The Balaban J connectivity index is 0.00000105. The van der Waals surface area contributed by atoms with Gasteiger partial charge in [0.2, 0.25) is 5.91 Å². The van der Waals surface area contributed by atoms with Crippen molar-refractivity contribution in [3.8, 4) is 0 Å². The van der Waals surface area contributed by atoms with Crippen molar-refractivity contribution < 1.29 is 32.2 Å². The molecule has 15 heteroatoms. The highest BCUT2D eigenvalue weighted by Crippen LogP contribution is 2.39. The maximum Gasteiger partial charge on any atom is 0.594 e. The van der Waals surface area contributed by atoms with Crippen LogP contribution in [0.25, 0.3) is 0 Å². The van der Waals surface area contributed by atoms with Gasteiger partial charge >= 0.3 is 17.3 Å². The topological polar surface area (TPSA) is 132 Å². The Kier molecular flexibility index (Phi) is 16.5. The number of halogens is 2. The zero-order valence-electron chi connectivity index (χ0n) is 33.4. The summed E-state index contributed by atoms with van der Waals surface area (Å²) in [7, 11) is 1.45. The average molecular weight is 891 g/mol. The number of carbonyl (C=O) groups excluding carboxylic acids is 5. The lowest BCUT2D eigenvalue weighted by atomic mass is 9.72. The largest absolute Gasteiger partial charge is 0.594 e. The molecule has 1 saturated carbocycles. The Morgan fingerprint density at radius 3 is 2.27 bits per heavy atom. The smallest absolute Gasteiger partial charge is 0.456 e. The normalized spacial score (nSPS) is 21.5. The third-order valence-electron chi connectivity index (χ3n) is 10.6. The van der Waals surface area contributed by atoms with Crippen LogP contribution in [0, 0.1) is 11.8 Å². The van der Waals surface area contributed by atoms with Gasteiger partial charge in [0, 0.05) is 70.7 Å². The van der Waals surface area contributed by atoms with Crippen molar-refractivity contribution in [3.63, 3.8) is 0 Å². The van der Waals surface area contributed by atoms with Crippen LogP contribution >= 0.6 is 20.3 Å². The van der Waals surface area contributed by atoms with E-state index >= 15 is 0 Å². The van der Waals surface area contributed by atoms with Gasteiger partial charge in [-0.3, -0.25) is 24.2 Å². The number of pyridine rings is 1. The monoisotopic (exact) mass is 890 g/mol. The van der Waals surface area contributed by atoms with Crippen molar-refractivity contribution >= 4 is 73.1 Å². The fraction of sp³-hybridized carbons (Fsp3) is 0.600. The van der Waals surface area contributed by atoms with E-state index < -0.39 is 40.7 Å². The lowest BCUT2D eigenvalue weighted by molar-refractivity contribution is -0.124. The van der Waals surface area contributed by atoms with Crippen LogP contribution in [-0.4, -0.2) is 120 Å². The van der Waals surface area contributed by atoms with Gasteiger partial charge in [0.15, 0.2) is 0 Å². The standard InChI is InChI=1S/C37H48N6O6.C2H6.CH3.Al.FH.HI/c1-37(2,3)49-36(48)25-8-12-32(39-22-25)42-14-13-24-20-27(9-7-26(24)23-42)40-15-17-41(18-16-40)28-10-11-29-30(21-28)35(47)43(34(29)46)31(6-5-19-44)33(45)38-4;1-2;;;;/h8,10-12,19,21-22,24,26-27,31H,5-7,9,13-18,20,23H2,1-4H3,(H,38,45);1-2H3;1H3;;2*1H/q;;;+2;;/p-2. The molecule has 2 aromatic rings. The van der Waals surface area contributed by atoms with Crippen molar-refractivity contribution in [3.05, 3.63) is 53.2 Å². The Morgan fingerprint density at radius 1 is 1.00 bits per heavy atom. The molecule has 2 saturated heterocycles. The number of esters is 1. The third kappa shape index (κ3) is 11.5. The van der Waals surface area contributed by atoms with E-state index in [1.165, 1.54) is 26.3 Å². The highest BCUT2D eigenvalue weighted by Gasteiger charge is 2.43. The number of amides is 3. The summed E-state index contributed by atoms with van der Waals surface area (Å²) in [4.78, 5) is 75.4. The zero-order chi connectivity index (χ0) is 40.4. The summed E-state index contributed by atoms with van der Waals surface area (Å²) >= 11 is 0.147. The van der Waals surface area contributed by atoms with Crippen LogP contribution in [0.5, 0.6) is 0 Å². The predicted octanol–water partition coefficient (Wildman–Crippen LogP) is 6.08. The maximum absolute atomic E-state index is 13.4. The van der Waals surface area contributed by atoms with E-state index in [1.807, 2.05) is 73.1 Å². The second kappa shape index (κ2) is 20.3. The van der Waals surface area contributed by atoms with Crippen molar-refractivity contribution in [2.75, 3.05) is 56.1 Å². The number of carbonyl (C=O) groups is 5. The molecule has 1 aromatic carbocycles. The van der Waals surface area contributed by atoms with Gasteiger partial charge in [0.05, 0.1) is 16.7 Å². The number of benzene rings is 1. The van der Waals surface area contributed by atoms with E-state index in [1.54, 1.807) is 24.1 Å². The molecule has 3 fully saturated rings. The number of nitrogens with zero attached hydrogens (tertiary/aromatic N) is 5. The number of ether oxygens (including phenoxy) is 1. The summed E-state index contributed by atoms with van der Waals surface area (Å²) < 4.78 is 16.6. The molecule has 4 aliphatic rings. The molecule has 1 N–H and O–H groups in total. The number of rotatable bonds is 9. The Labute approximate surface area is 341 Å². The number of hydrogen-bond donors (Lipinski definition) is 1. The lowest BCUT2D eigenvalue weighted by Crippen LogP contribution is -2.53. The van der Waals surface area contributed by atoms with Crippen LogP contribution in [0.2, 0.25) is 5.79 Å². The second-order valence-corrected chi connectivity index (χ2v) is 21.4. The van der Waals surface area contributed by atoms with Crippen molar-refractivity contribution in [1.82, 2.24) is 20.1 Å². The number of aldehydes is 1. The number of fused-ring (bicyclic) bond motifs is 2. The number of nitrogens with one attached hydrogen (secondary N) is 1. The Bertz CT molecular complexity index is 1650. The van der Waals surface area contributed by atoms with Gasteiger partial charge in [0.1, 0.15) is 23.7 Å². The van der Waals surface area contributed by atoms with Gasteiger partial charge in [-0.2, -0.15) is 20.3 Å². The molecule has 6 rings (SSSR count). The molecular formula is C40H57AlFIN6O6. The van der Waals surface area contributed by atoms with Gasteiger partial charge in [-0.15, -0.1) is 0 Å². The second-order valence-electron chi connectivity index (χ2n) is 15.3. The molecular weight excluding hydrogens is 833 g/mol. The lowest BCUT2D eigenvalue weighted by Gasteiger charge is -2.48. The highest BCUT2D eigenvalue weighted by molar-refractivity contribution is 14.1. The van der Waals surface area contributed by atoms with E-state index in [-0.39, 0.29) is 18.8 Å².